The summed E-state index contributed by atoms with van der Waals surface area (Å²) in [5, 5.41) is 8.74. The number of amides is 1. The van der Waals surface area contributed by atoms with Crippen molar-refractivity contribution in [2.75, 3.05) is 10.6 Å². The van der Waals surface area contributed by atoms with Gasteiger partial charge in [0.25, 0.3) is 0 Å². The van der Waals surface area contributed by atoms with Gasteiger partial charge in [-0.2, -0.15) is 0 Å². The number of hydrogen-bond donors (Lipinski definition) is 2. The minimum Gasteiger partial charge on any atom is -0.374 e. The lowest BCUT2D eigenvalue weighted by atomic mass is 9.97. The van der Waals surface area contributed by atoms with E-state index in [1.165, 1.54) is 10.9 Å². The maximum Gasteiger partial charge on any atom is 0.246 e. The number of carbonyl (C=O) groups is 1. The van der Waals surface area contributed by atoms with E-state index in [1.54, 1.807) is 0 Å². The van der Waals surface area contributed by atoms with E-state index in [4.69, 9.17) is 0 Å². The molecule has 134 valence electrons. The second-order valence-electron chi connectivity index (χ2n) is 6.81. The number of para-hydroxylation sites is 1. The topological polar surface area (TPSA) is 41.1 Å². The van der Waals surface area contributed by atoms with Crippen LogP contribution in [0.2, 0.25) is 0 Å². The maximum absolute atomic E-state index is 12.7. The Hall–Kier alpha value is -2.81. The van der Waals surface area contributed by atoms with Crippen molar-refractivity contribution in [1.29, 1.82) is 0 Å². The van der Waals surface area contributed by atoms with Crippen molar-refractivity contribution < 1.29 is 4.79 Å². The van der Waals surface area contributed by atoms with Crippen molar-refractivity contribution in [3.63, 3.8) is 0 Å². The highest BCUT2D eigenvalue weighted by molar-refractivity contribution is 5.97. The standard InChI is InChI=1S/C23H26N2O/c1-4-16(2)21-11-7-8-12-22(21)25-23(26)17(3)24-20-14-13-18-9-5-6-10-19(18)15-20/h5-17,24H,4H2,1-3H3,(H,25,26). The molecule has 3 aromatic carbocycles. The van der Waals surface area contributed by atoms with Gasteiger partial charge < -0.3 is 10.6 Å². The molecule has 0 heterocycles. The minimum atomic E-state index is -0.332. The van der Waals surface area contributed by atoms with Crippen LogP contribution in [0.1, 0.15) is 38.7 Å². The predicted molar refractivity (Wildman–Crippen MR) is 111 cm³/mol. The van der Waals surface area contributed by atoms with Crippen LogP contribution in [0.25, 0.3) is 10.8 Å². The Kier molecular flexibility index (Phi) is 5.57. The summed E-state index contributed by atoms with van der Waals surface area (Å²) in [6.07, 6.45) is 1.04. The lowest BCUT2D eigenvalue weighted by Crippen LogP contribution is -2.32. The zero-order chi connectivity index (χ0) is 18.5. The second kappa shape index (κ2) is 8.05. The van der Waals surface area contributed by atoms with Crippen LogP contribution in [-0.2, 0) is 4.79 Å². The van der Waals surface area contributed by atoms with Gasteiger partial charge in [0.1, 0.15) is 6.04 Å². The van der Waals surface area contributed by atoms with Crippen molar-refractivity contribution in [1.82, 2.24) is 0 Å². The van der Waals surface area contributed by atoms with Gasteiger partial charge in [0.2, 0.25) is 5.91 Å². The van der Waals surface area contributed by atoms with Gasteiger partial charge >= 0.3 is 0 Å². The molecule has 0 aliphatic heterocycles. The number of fused-ring (bicyclic) bond motifs is 1. The van der Waals surface area contributed by atoms with Gasteiger partial charge in [0, 0.05) is 11.4 Å². The third-order valence-corrected chi connectivity index (χ3v) is 4.89. The predicted octanol–water partition coefficient (Wildman–Crippen LogP) is 5.79. The lowest BCUT2D eigenvalue weighted by Gasteiger charge is -2.19. The molecule has 3 aromatic rings. The minimum absolute atomic E-state index is 0.0334. The van der Waals surface area contributed by atoms with Gasteiger partial charge in [-0.1, -0.05) is 62.4 Å². The molecule has 26 heavy (non-hydrogen) atoms. The van der Waals surface area contributed by atoms with Gasteiger partial charge in [-0.05, 0) is 53.8 Å². The van der Waals surface area contributed by atoms with Crippen LogP contribution in [0, 0.1) is 0 Å². The first-order chi connectivity index (χ1) is 12.6. The van der Waals surface area contributed by atoms with Crippen molar-refractivity contribution in [2.24, 2.45) is 0 Å². The van der Waals surface area contributed by atoms with Gasteiger partial charge in [-0.25, -0.2) is 0 Å². The van der Waals surface area contributed by atoms with Crippen molar-refractivity contribution in [3.8, 4) is 0 Å². The first kappa shape index (κ1) is 18.0. The number of nitrogens with one attached hydrogen (secondary N) is 2. The highest BCUT2D eigenvalue weighted by Gasteiger charge is 2.16. The average molecular weight is 346 g/mol. The van der Waals surface area contributed by atoms with Crippen LogP contribution in [-0.4, -0.2) is 11.9 Å². The molecule has 0 aliphatic rings. The molecule has 0 aromatic heterocycles. The first-order valence-corrected chi connectivity index (χ1v) is 9.23. The van der Waals surface area contributed by atoms with Crippen molar-refractivity contribution in [3.05, 3.63) is 72.3 Å². The van der Waals surface area contributed by atoms with E-state index in [0.29, 0.717) is 5.92 Å². The SMILES string of the molecule is CCC(C)c1ccccc1NC(=O)C(C)Nc1ccc2ccccc2c1. The number of rotatable bonds is 6. The zero-order valence-corrected chi connectivity index (χ0v) is 15.6. The molecule has 2 atom stereocenters. The fraction of sp³-hybridized carbons (Fsp3) is 0.261. The Morgan fingerprint density at radius 2 is 1.62 bits per heavy atom. The fourth-order valence-electron chi connectivity index (χ4n) is 3.10. The number of hydrogen-bond acceptors (Lipinski definition) is 2. The van der Waals surface area contributed by atoms with Crippen LogP contribution >= 0.6 is 0 Å². The van der Waals surface area contributed by atoms with Gasteiger partial charge in [-0.3, -0.25) is 4.79 Å². The zero-order valence-electron chi connectivity index (χ0n) is 15.6. The highest BCUT2D eigenvalue weighted by Crippen LogP contribution is 2.27. The van der Waals surface area contributed by atoms with Crippen LogP contribution in [0.4, 0.5) is 11.4 Å². The maximum atomic E-state index is 12.7. The van der Waals surface area contributed by atoms with E-state index < -0.39 is 0 Å². The highest BCUT2D eigenvalue weighted by atomic mass is 16.2. The fourth-order valence-corrected chi connectivity index (χ4v) is 3.10. The number of anilines is 2. The quantitative estimate of drug-likeness (QED) is 0.593. The molecule has 0 spiro atoms. The van der Waals surface area contributed by atoms with Gasteiger partial charge in [0.15, 0.2) is 0 Å². The smallest absolute Gasteiger partial charge is 0.246 e. The van der Waals surface area contributed by atoms with E-state index in [-0.39, 0.29) is 11.9 Å². The summed E-state index contributed by atoms with van der Waals surface area (Å²) < 4.78 is 0. The molecule has 3 heteroatoms. The monoisotopic (exact) mass is 346 g/mol. The van der Waals surface area contributed by atoms with E-state index in [2.05, 4.69) is 54.8 Å². The summed E-state index contributed by atoms with van der Waals surface area (Å²) in [5.74, 6) is 0.379. The van der Waals surface area contributed by atoms with Crippen LogP contribution in [0.15, 0.2) is 66.7 Å². The molecule has 0 fully saturated rings. The normalized spacial score (nSPS) is 13.2. The van der Waals surface area contributed by atoms with Crippen molar-refractivity contribution in [2.45, 2.75) is 39.2 Å². The molecule has 3 nitrogen and oxygen atoms in total. The summed E-state index contributed by atoms with van der Waals surface area (Å²) >= 11 is 0. The van der Waals surface area contributed by atoms with Crippen molar-refractivity contribution >= 4 is 28.1 Å². The Balaban J connectivity index is 1.71. The van der Waals surface area contributed by atoms with Crippen LogP contribution < -0.4 is 10.6 Å². The second-order valence-corrected chi connectivity index (χ2v) is 6.81. The molecule has 0 bridgehead atoms. The molecule has 0 saturated heterocycles. The molecule has 1 amide bonds. The Morgan fingerprint density at radius 3 is 2.38 bits per heavy atom. The summed E-state index contributed by atoms with van der Waals surface area (Å²) in [6.45, 7) is 6.23. The molecule has 3 rings (SSSR count). The summed E-state index contributed by atoms with van der Waals surface area (Å²) in [5.41, 5.74) is 3.03. The number of benzene rings is 3. The third kappa shape index (κ3) is 4.05. The van der Waals surface area contributed by atoms with Gasteiger partial charge in [0.05, 0.1) is 0 Å². The largest absolute Gasteiger partial charge is 0.374 e. The summed E-state index contributed by atoms with van der Waals surface area (Å²) in [7, 11) is 0. The molecule has 2 unspecified atom stereocenters. The van der Waals surface area contributed by atoms with E-state index >= 15 is 0 Å². The third-order valence-electron chi connectivity index (χ3n) is 4.89. The molecular weight excluding hydrogens is 320 g/mol. The Morgan fingerprint density at radius 1 is 0.923 bits per heavy atom. The Labute approximate surface area is 155 Å². The average Bonchev–Trinajstić information content (AvgIpc) is 2.67. The molecular formula is C23H26N2O. The van der Waals surface area contributed by atoms with Crippen LogP contribution in [0.3, 0.4) is 0 Å². The number of carbonyl (C=O) groups excluding carboxylic acids is 1. The van der Waals surface area contributed by atoms with E-state index in [9.17, 15) is 4.79 Å². The van der Waals surface area contributed by atoms with E-state index in [1.807, 2.05) is 43.3 Å². The Bertz CT molecular complexity index is 903. The molecule has 0 radical (unpaired) electrons. The lowest BCUT2D eigenvalue weighted by molar-refractivity contribution is -0.116. The first-order valence-electron chi connectivity index (χ1n) is 9.23. The molecule has 2 N–H and O–H groups in total. The molecule has 0 saturated carbocycles. The molecule has 0 aliphatic carbocycles. The van der Waals surface area contributed by atoms with E-state index in [0.717, 1.165) is 23.2 Å². The summed E-state index contributed by atoms with van der Waals surface area (Å²) in [6, 6.07) is 22.1. The van der Waals surface area contributed by atoms with Gasteiger partial charge in [-0.15, -0.1) is 0 Å². The summed E-state index contributed by atoms with van der Waals surface area (Å²) in [4.78, 5) is 12.7. The van der Waals surface area contributed by atoms with Crippen LogP contribution in [0.5, 0.6) is 0 Å².